The Balaban J connectivity index is 1.36. The van der Waals surface area contributed by atoms with Crippen LogP contribution in [-0.4, -0.2) is 61.4 Å². The lowest BCUT2D eigenvalue weighted by Gasteiger charge is -2.32. The fourth-order valence-corrected chi connectivity index (χ4v) is 4.91. The summed E-state index contributed by atoms with van der Waals surface area (Å²) in [6.07, 6.45) is 1.88. The second kappa shape index (κ2) is 12.1. The molecule has 2 fully saturated rings. The Morgan fingerprint density at radius 1 is 1.08 bits per heavy atom. The first kappa shape index (κ1) is 27.1. The second-order valence-corrected chi connectivity index (χ2v) is 9.67. The van der Waals surface area contributed by atoms with Crippen molar-refractivity contribution in [2.24, 2.45) is 5.92 Å². The molecule has 2 aliphatic rings. The summed E-state index contributed by atoms with van der Waals surface area (Å²) in [6.45, 7) is 3.07. The minimum absolute atomic E-state index is 0.0459. The molecule has 2 aromatic heterocycles. The number of Topliss-reactive ketones (excluding diaryl/α,β-unsaturated/α-hetero) is 2. The Labute approximate surface area is 214 Å². The van der Waals surface area contributed by atoms with Gasteiger partial charge in [0.2, 0.25) is 11.5 Å². The number of anilines is 2. The quantitative estimate of drug-likeness (QED) is 0.327. The Bertz CT molecular complexity index is 1060. The molecule has 2 aliphatic heterocycles. The third-order valence-corrected chi connectivity index (χ3v) is 6.98. The molecule has 4 heterocycles. The molecular weight excluding hydrogens is 489 g/mol. The number of halogens is 3. The van der Waals surface area contributed by atoms with E-state index in [-0.39, 0.29) is 24.1 Å². The lowest BCUT2D eigenvalue weighted by Crippen LogP contribution is -2.36. The van der Waals surface area contributed by atoms with E-state index >= 15 is 0 Å². The van der Waals surface area contributed by atoms with Crippen LogP contribution in [0.25, 0.3) is 0 Å². The van der Waals surface area contributed by atoms with Crippen LogP contribution < -0.4 is 9.80 Å². The monoisotopic (exact) mass is 522 g/mol. The number of hydrogen-bond donors (Lipinski definition) is 0. The van der Waals surface area contributed by atoms with Gasteiger partial charge in [0.1, 0.15) is 11.6 Å². The molecule has 0 saturated carbocycles. The molecule has 0 aliphatic carbocycles. The van der Waals surface area contributed by atoms with Crippen molar-refractivity contribution in [3.63, 3.8) is 0 Å². The smallest absolute Gasteiger partial charge is 0.420 e. The fourth-order valence-electron chi connectivity index (χ4n) is 4.91. The molecular formula is C26H33F3N4O4. The van der Waals surface area contributed by atoms with Crippen LogP contribution in [0.1, 0.15) is 66.8 Å². The predicted octanol–water partition coefficient (Wildman–Crippen LogP) is 4.72. The van der Waals surface area contributed by atoms with Crippen molar-refractivity contribution >= 4 is 23.4 Å². The molecule has 0 N–H and O–H groups in total. The van der Waals surface area contributed by atoms with Crippen molar-refractivity contribution in [1.29, 1.82) is 0 Å². The van der Waals surface area contributed by atoms with Gasteiger partial charge in [-0.2, -0.15) is 18.2 Å². The zero-order valence-corrected chi connectivity index (χ0v) is 21.1. The van der Waals surface area contributed by atoms with E-state index in [4.69, 9.17) is 9.15 Å². The van der Waals surface area contributed by atoms with Gasteiger partial charge in [0.05, 0.1) is 0 Å². The minimum Gasteiger partial charge on any atom is -0.420 e. The zero-order valence-electron chi connectivity index (χ0n) is 21.1. The number of alkyl halides is 3. The standard InChI is InChI=1S/C26H33F3N4O4/c1-36-15-5-6-20(34)19-9-13-32(14-10-19)22-8-7-18(17-30-22)16-21(35)23-24(26(27,28)29)31-25(37-23)33-11-3-2-4-12-33/h7-8,17,19H,2-6,9-16H2,1H3. The average Bonchev–Trinajstić information content (AvgIpc) is 3.37. The number of nitrogens with zero attached hydrogens (tertiary/aromatic N) is 4. The number of oxazole rings is 1. The number of piperidine rings is 2. The van der Waals surface area contributed by atoms with Crippen molar-refractivity contribution in [3.8, 4) is 0 Å². The van der Waals surface area contributed by atoms with E-state index in [1.807, 2.05) is 0 Å². The average molecular weight is 523 g/mol. The normalized spacial score (nSPS) is 17.3. The summed E-state index contributed by atoms with van der Waals surface area (Å²) in [5.74, 6) is -0.512. The molecule has 11 heteroatoms. The van der Waals surface area contributed by atoms with E-state index < -0.39 is 23.4 Å². The lowest BCUT2D eigenvalue weighted by molar-refractivity contribution is -0.141. The third kappa shape index (κ3) is 6.88. The van der Waals surface area contributed by atoms with Crippen molar-refractivity contribution in [1.82, 2.24) is 9.97 Å². The Hall–Kier alpha value is -2.95. The molecule has 0 atom stereocenters. The maximum atomic E-state index is 13.6. The summed E-state index contributed by atoms with van der Waals surface area (Å²) in [4.78, 5) is 37.0. The van der Waals surface area contributed by atoms with Crippen LogP contribution in [0.15, 0.2) is 22.7 Å². The van der Waals surface area contributed by atoms with Gasteiger partial charge in [0.15, 0.2) is 5.69 Å². The fraction of sp³-hybridized carbons (Fsp3) is 0.615. The van der Waals surface area contributed by atoms with Crippen LogP contribution in [0, 0.1) is 5.92 Å². The summed E-state index contributed by atoms with van der Waals surface area (Å²) >= 11 is 0. The van der Waals surface area contributed by atoms with Crippen LogP contribution in [0.4, 0.5) is 25.0 Å². The first-order chi connectivity index (χ1) is 17.8. The van der Waals surface area contributed by atoms with Gasteiger partial charge in [0.25, 0.3) is 6.01 Å². The van der Waals surface area contributed by atoms with Gasteiger partial charge in [-0.1, -0.05) is 6.07 Å². The molecule has 2 saturated heterocycles. The molecule has 37 heavy (non-hydrogen) atoms. The zero-order chi connectivity index (χ0) is 26.4. The van der Waals surface area contributed by atoms with E-state index in [2.05, 4.69) is 14.9 Å². The number of hydrogen-bond acceptors (Lipinski definition) is 8. The summed E-state index contributed by atoms with van der Waals surface area (Å²) in [5.41, 5.74) is -0.789. The SMILES string of the molecule is COCCCC(=O)C1CCN(c2ccc(CC(=O)c3oc(N4CCCCC4)nc3C(F)(F)F)cn2)CC1. The first-order valence-corrected chi connectivity index (χ1v) is 12.8. The predicted molar refractivity (Wildman–Crippen MR) is 131 cm³/mol. The maximum Gasteiger partial charge on any atom is 0.437 e. The Morgan fingerprint density at radius 2 is 1.81 bits per heavy atom. The molecule has 0 amide bonds. The maximum absolute atomic E-state index is 13.6. The van der Waals surface area contributed by atoms with Crippen molar-refractivity contribution in [2.75, 3.05) is 49.7 Å². The highest BCUT2D eigenvalue weighted by Crippen LogP contribution is 2.35. The number of aromatic nitrogens is 2. The van der Waals surface area contributed by atoms with Crippen LogP contribution in [0.3, 0.4) is 0 Å². The summed E-state index contributed by atoms with van der Waals surface area (Å²) in [5, 5.41) is 0. The molecule has 2 aromatic rings. The lowest BCUT2D eigenvalue weighted by atomic mass is 9.90. The molecule has 0 unspecified atom stereocenters. The number of carbonyl (C=O) groups excluding carboxylic acids is 2. The summed E-state index contributed by atoms with van der Waals surface area (Å²) in [6, 6.07) is 3.30. The van der Waals surface area contributed by atoms with Crippen LogP contribution >= 0.6 is 0 Å². The first-order valence-electron chi connectivity index (χ1n) is 12.8. The van der Waals surface area contributed by atoms with Crippen LogP contribution in [0.5, 0.6) is 0 Å². The number of pyridine rings is 1. The minimum atomic E-state index is -4.79. The number of ketones is 2. The number of carbonyl (C=O) groups is 2. The third-order valence-electron chi connectivity index (χ3n) is 6.98. The Morgan fingerprint density at radius 3 is 2.43 bits per heavy atom. The van der Waals surface area contributed by atoms with Crippen LogP contribution in [0.2, 0.25) is 0 Å². The van der Waals surface area contributed by atoms with Crippen molar-refractivity contribution in [3.05, 3.63) is 35.3 Å². The van der Waals surface area contributed by atoms with Gasteiger partial charge in [-0.05, 0) is 50.2 Å². The highest BCUT2D eigenvalue weighted by Gasteiger charge is 2.41. The van der Waals surface area contributed by atoms with Gasteiger partial charge < -0.3 is 19.0 Å². The van der Waals surface area contributed by atoms with E-state index in [1.165, 1.54) is 6.20 Å². The number of rotatable bonds is 10. The van der Waals surface area contributed by atoms with Gasteiger partial charge in [-0.15, -0.1) is 0 Å². The summed E-state index contributed by atoms with van der Waals surface area (Å²) in [7, 11) is 1.62. The van der Waals surface area contributed by atoms with E-state index in [0.29, 0.717) is 50.6 Å². The van der Waals surface area contributed by atoms with Crippen molar-refractivity contribution < 1.29 is 31.9 Å². The second-order valence-electron chi connectivity index (χ2n) is 9.67. The number of ether oxygens (including phenoxy) is 1. The topological polar surface area (TPSA) is 88.8 Å². The largest absolute Gasteiger partial charge is 0.437 e. The van der Waals surface area contributed by atoms with Gasteiger partial charge in [-0.3, -0.25) is 9.59 Å². The van der Waals surface area contributed by atoms with Gasteiger partial charge in [0, 0.05) is 64.9 Å². The highest BCUT2D eigenvalue weighted by molar-refractivity contribution is 5.96. The number of methoxy groups -OCH3 is 1. The molecule has 4 rings (SSSR count). The molecule has 0 bridgehead atoms. The van der Waals surface area contributed by atoms with Gasteiger partial charge in [-0.25, -0.2) is 4.98 Å². The van der Waals surface area contributed by atoms with E-state index in [1.54, 1.807) is 24.1 Å². The molecule has 0 aromatic carbocycles. The van der Waals surface area contributed by atoms with Crippen molar-refractivity contribution in [2.45, 2.75) is 57.5 Å². The summed E-state index contributed by atoms with van der Waals surface area (Å²) < 4.78 is 51.2. The Kier molecular flexibility index (Phi) is 8.83. The molecule has 0 spiro atoms. The molecule has 202 valence electrons. The van der Waals surface area contributed by atoms with Gasteiger partial charge >= 0.3 is 6.18 Å². The van der Waals surface area contributed by atoms with Crippen LogP contribution in [-0.2, 0) is 22.1 Å². The van der Waals surface area contributed by atoms with E-state index in [9.17, 15) is 22.8 Å². The molecule has 8 nitrogen and oxygen atoms in total. The molecule has 0 radical (unpaired) electrons. The highest BCUT2D eigenvalue weighted by atomic mass is 19.4. The van der Waals surface area contributed by atoms with E-state index in [0.717, 1.165) is 38.5 Å².